The molecule has 1 saturated carbocycles. The molecule has 27 heavy (non-hydrogen) atoms. The summed E-state index contributed by atoms with van der Waals surface area (Å²) in [5, 5.41) is 10.7. The average molecular weight is 383 g/mol. The van der Waals surface area contributed by atoms with Crippen LogP contribution in [0.2, 0.25) is 0 Å². The van der Waals surface area contributed by atoms with E-state index >= 15 is 0 Å². The van der Waals surface area contributed by atoms with Crippen LogP contribution in [0.25, 0.3) is 11.0 Å². The van der Waals surface area contributed by atoms with E-state index in [1.807, 2.05) is 26.1 Å². The van der Waals surface area contributed by atoms with Gasteiger partial charge in [0.25, 0.3) is 5.91 Å². The first-order chi connectivity index (χ1) is 12.8. The number of amides is 1. The molecular weight excluding hydrogens is 356 g/mol. The summed E-state index contributed by atoms with van der Waals surface area (Å²) < 4.78 is 1.79. The van der Waals surface area contributed by atoms with Gasteiger partial charge in [0, 0.05) is 23.5 Å². The third kappa shape index (κ3) is 3.38. The van der Waals surface area contributed by atoms with E-state index in [-0.39, 0.29) is 17.4 Å². The number of aromatic nitrogens is 3. The van der Waals surface area contributed by atoms with Crippen molar-refractivity contribution in [3.63, 3.8) is 0 Å². The lowest BCUT2D eigenvalue weighted by molar-refractivity contribution is 0.0905. The number of carbonyl (C=O) groups is 1. The molecule has 1 amide bonds. The number of nitrogens with zero attached hydrogens (tertiary/aromatic N) is 3. The summed E-state index contributed by atoms with van der Waals surface area (Å²) in [5.74, 6) is 0.431. The molecular formula is C21H26N4OS. The third-order valence-electron chi connectivity index (χ3n) is 5.20. The van der Waals surface area contributed by atoms with E-state index < -0.39 is 0 Å². The Bertz CT molecular complexity index is 994. The van der Waals surface area contributed by atoms with E-state index in [2.05, 4.69) is 42.6 Å². The van der Waals surface area contributed by atoms with Gasteiger partial charge in [-0.3, -0.25) is 9.48 Å². The third-order valence-corrected chi connectivity index (χ3v) is 6.14. The Morgan fingerprint density at radius 2 is 2.11 bits per heavy atom. The summed E-state index contributed by atoms with van der Waals surface area (Å²) >= 11 is 1.68. The van der Waals surface area contributed by atoms with Gasteiger partial charge in [-0.15, -0.1) is 11.3 Å². The predicted octanol–water partition coefficient (Wildman–Crippen LogP) is 4.73. The number of hydrogen-bond acceptors (Lipinski definition) is 4. The van der Waals surface area contributed by atoms with Crippen molar-refractivity contribution in [3.8, 4) is 0 Å². The summed E-state index contributed by atoms with van der Waals surface area (Å²) in [5.41, 5.74) is 3.26. The van der Waals surface area contributed by atoms with Gasteiger partial charge in [-0.2, -0.15) is 5.10 Å². The highest BCUT2D eigenvalue weighted by Crippen LogP contribution is 2.41. The van der Waals surface area contributed by atoms with E-state index in [1.165, 1.54) is 4.88 Å². The lowest BCUT2D eigenvalue weighted by atomic mass is 9.85. The molecule has 1 fully saturated rings. The molecule has 0 aliphatic heterocycles. The molecule has 0 radical (unpaired) electrons. The summed E-state index contributed by atoms with van der Waals surface area (Å²) in [7, 11) is 1.89. The van der Waals surface area contributed by atoms with Crippen molar-refractivity contribution in [1.82, 2.24) is 20.1 Å². The summed E-state index contributed by atoms with van der Waals surface area (Å²) in [4.78, 5) is 19.4. The highest BCUT2D eigenvalue weighted by atomic mass is 32.1. The first-order valence-corrected chi connectivity index (χ1v) is 10.3. The molecule has 0 saturated heterocycles. The van der Waals surface area contributed by atoms with Crippen molar-refractivity contribution in [2.24, 2.45) is 12.5 Å². The van der Waals surface area contributed by atoms with Crippen molar-refractivity contribution >= 4 is 28.3 Å². The van der Waals surface area contributed by atoms with E-state index in [0.717, 1.165) is 35.3 Å². The van der Waals surface area contributed by atoms with Crippen LogP contribution in [0.3, 0.4) is 0 Å². The molecule has 0 bridgehead atoms. The SMILES string of the molecule is Cc1nn(C)c2nc(C3CC3)cc(C(=O)N[C@H](c3cccs3)C(C)(C)C)c12. The van der Waals surface area contributed by atoms with E-state index in [0.29, 0.717) is 11.5 Å². The molecule has 6 heteroatoms. The van der Waals surface area contributed by atoms with Gasteiger partial charge in [0.05, 0.1) is 22.7 Å². The Balaban J connectivity index is 1.78. The molecule has 1 atom stereocenters. The first-order valence-electron chi connectivity index (χ1n) is 9.44. The van der Waals surface area contributed by atoms with Crippen LogP contribution in [0.5, 0.6) is 0 Å². The number of fused-ring (bicyclic) bond motifs is 1. The number of thiophene rings is 1. The topological polar surface area (TPSA) is 59.8 Å². The summed E-state index contributed by atoms with van der Waals surface area (Å²) in [6, 6.07) is 6.06. The molecule has 0 spiro atoms. The maximum Gasteiger partial charge on any atom is 0.252 e. The second-order valence-electron chi connectivity index (χ2n) is 8.56. The summed E-state index contributed by atoms with van der Waals surface area (Å²) in [6.07, 6.45) is 2.30. The molecule has 1 aliphatic carbocycles. The van der Waals surface area contributed by atoms with E-state index in [9.17, 15) is 4.79 Å². The molecule has 142 valence electrons. The minimum absolute atomic E-state index is 0.0467. The minimum Gasteiger partial charge on any atom is -0.344 e. The van der Waals surface area contributed by atoms with Crippen LogP contribution >= 0.6 is 11.3 Å². The zero-order chi connectivity index (χ0) is 19.3. The van der Waals surface area contributed by atoms with Gasteiger partial charge in [-0.1, -0.05) is 26.8 Å². The summed E-state index contributed by atoms with van der Waals surface area (Å²) in [6.45, 7) is 8.42. The van der Waals surface area contributed by atoms with Crippen molar-refractivity contribution in [3.05, 3.63) is 45.4 Å². The fraction of sp³-hybridized carbons (Fsp3) is 0.476. The maximum atomic E-state index is 13.4. The first kappa shape index (κ1) is 18.2. The second-order valence-corrected chi connectivity index (χ2v) is 9.54. The van der Waals surface area contributed by atoms with Gasteiger partial charge < -0.3 is 5.32 Å². The Kier molecular flexibility index (Phi) is 4.34. The van der Waals surface area contributed by atoms with Gasteiger partial charge >= 0.3 is 0 Å². The van der Waals surface area contributed by atoms with Gasteiger partial charge in [-0.25, -0.2) is 4.98 Å². The Hall–Kier alpha value is -2.21. The zero-order valence-electron chi connectivity index (χ0n) is 16.5. The Morgan fingerprint density at radius 3 is 2.70 bits per heavy atom. The molecule has 3 aromatic heterocycles. The lowest BCUT2D eigenvalue weighted by Crippen LogP contribution is -2.36. The normalized spacial score (nSPS) is 15.9. The molecule has 5 nitrogen and oxygen atoms in total. The lowest BCUT2D eigenvalue weighted by Gasteiger charge is -2.31. The molecule has 3 aromatic rings. The van der Waals surface area contributed by atoms with Crippen LogP contribution in [0, 0.1) is 12.3 Å². The molecule has 1 aliphatic rings. The van der Waals surface area contributed by atoms with Crippen LogP contribution in [0.15, 0.2) is 23.6 Å². The minimum atomic E-state index is -0.0873. The Labute approximate surface area is 163 Å². The van der Waals surface area contributed by atoms with Crippen molar-refractivity contribution in [1.29, 1.82) is 0 Å². The molecule has 1 N–H and O–H groups in total. The van der Waals surface area contributed by atoms with Gasteiger partial charge in [0.2, 0.25) is 0 Å². The van der Waals surface area contributed by atoms with Crippen LogP contribution in [0.1, 0.15) is 72.2 Å². The maximum absolute atomic E-state index is 13.4. The monoisotopic (exact) mass is 382 g/mol. The van der Waals surface area contributed by atoms with Crippen LogP contribution in [-0.2, 0) is 7.05 Å². The zero-order valence-corrected chi connectivity index (χ0v) is 17.4. The standard InChI is InChI=1S/C21H26N4OS/c1-12-17-14(11-15(13-8-9-13)22-19(17)25(5)24-12)20(26)23-18(21(2,3)4)16-7-6-10-27-16/h6-7,10-11,13,18H,8-9H2,1-5H3,(H,23,26)/t18-/m1/s1. The average Bonchev–Trinajstić information content (AvgIpc) is 3.24. The Morgan fingerprint density at radius 1 is 1.37 bits per heavy atom. The van der Waals surface area contributed by atoms with Crippen molar-refractivity contribution in [2.75, 3.05) is 0 Å². The van der Waals surface area contributed by atoms with Gasteiger partial charge in [-0.05, 0) is 42.7 Å². The van der Waals surface area contributed by atoms with Crippen LogP contribution in [-0.4, -0.2) is 20.7 Å². The largest absolute Gasteiger partial charge is 0.344 e. The number of rotatable bonds is 4. The molecule has 3 heterocycles. The van der Waals surface area contributed by atoms with Crippen LogP contribution in [0.4, 0.5) is 0 Å². The van der Waals surface area contributed by atoms with Crippen LogP contribution < -0.4 is 5.32 Å². The quantitative estimate of drug-likeness (QED) is 0.709. The van der Waals surface area contributed by atoms with Gasteiger partial charge in [0.15, 0.2) is 5.65 Å². The van der Waals surface area contributed by atoms with Crippen molar-refractivity contribution in [2.45, 2.75) is 52.5 Å². The smallest absolute Gasteiger partial charge is 0.252 e. The number of carbonyl (C=O) groups excluding carboxylic acids is 1. The fourth-order valence-corrected chi connectivity index (χ4v) is 4.63. The van der Waals surface area contributed by atoms with E-state index in [4.69, 9.17) is 4.98 Å². The number of pyridine rings is 1. The fourth-order valence-electron chi connectivity index (χ4n) is 3.61. The number of nitrogens with one attached hydrogen (secondary N) is 1. The van der Waals surface area contributed by atoms with E-state index in [1.54, 1.807) is 16.0 Å². The number of aryl methyl sites for hydroxylation is 2. The van der Waals surface area contributed by atoms with Crippen molar-refractivity contribution < 1.29 is 4.79 Å². The second kappa shape index (κ2) is 6.44. The number of hydrogen-bond donors (Lipinski definition) is 1. The molecule has 4 rings (SSSR count). The highest BCUT2D eigenvalue weighted by Gasteiger charge is 2.32. The molecule has 0 aromatic carbocycles. The predicted molar refractivity (Wildman–Crippen MR) is 109 cm³/mol. The van der Waals surface area contributed by atoms with Gasteiger partial charge in [0.1, 0.15) is 0 Å². The molecule has 0 unspecified atom stereocenters. The highest BCUT2D eigenvalue weighted by molar-refractivity contribution is 7.10.